The second kappa shape index (κ2) is 7.11. The maximum Gasteiger partial charge on any atom is 0.319 e. The molecular weight excluding hydrogens is 270 g/mol. The van der Waals surface area contributed by atoms with Gasteiger partial charge >= 0.3 is 6.03 Å². The molecule has 0 radical (unpaired) electrons. The van der Waals surface area contributed by atoms with Crippen LogP contribution in [0.4, 0.5) is 4.79 Å². The summed E-state index contributed by atoms with van der Waals surface area (Å²) in [6.07, 6.45) is 4.48. The van der Waals surface area contributed by atoms with Crippen LogP contribution in [0, 0.1) is 5.92 Å². The van der Waals surface area contributed by atoms with Gasteiger partial charge in [0, 0.05) is 39.6 Å². The van der Waals surface area contributed by atoms with Crippen molar-refractivity contribution < 1.29 is 14.7 Å². The molecular formula is C15H27N3O3. The van der Waals surface area contributed by atoms with Gasteiger partial charge in [0.05, 0.1) is 12.6 Å². The molecule has 1 N–H and O–H groups in total. The second-order valence-electron chi connectivity index (χ2n) is 6.30. The summed E-state index contributed by atoms with van der Waals surface area (Å²) in [5, 5.41) is 9.43. The Labute approximate surface area is 126 Å². The molecule has 120 valence electrons. The van der Waals surface area contributed by atoms with Gasteiger partial charge in [0.25, 0.3) is 0 Å². The number of amides is 3. The molecule has 0 aromatic carbocycles. The van der Waals surface area contributed by atoms with E-state index in [1.54, 1.807) is 19.0 Å². The molecule has 0 saturated carbocycles. The molecule has 1 unspecified atom stereocenters. The van der Waals surface area contributed by atoms with Crippen LogP contribution in [0.15, 0.2) is 0 Å². The van der Waals surface area contributed by atoms with Crippen LogP contribution >= 0.6 is 0 Å². The standard InChI is InChI=1S/C15H27N3O3/c1-16(2)15(21)17-9-6-12(7-10-17)14(20)18-8-4-3-5-13(18)11-19/h12-13,19H,3-11H2,1-2H3. The highest BCUT2D eigenvalue weighted by atomic mass is 16.3. The van der Waals surface area contributed by atoms with Crippen LogP contribution in [0.5, 0.6) is 0 Å². The van der Waals surface area contributed by atoms with Crippen LogP contribution in [-0.2, 0) is 4.79 Å². The maximum atomic E-state index is 12.6. The molecule has 21 heavy (non-hydrogen) atoms. The minimum Gasteiger partial charge on any atom is -0.394 e. The number of rotatable bonds is 2. The van der Waals surface area contributed by atoms with E-state index in [0.29, 0.717) is 13.1 Å². The summed E-state index contributed by atoms with van der Waals surface area (Å²) in [4.78, 5) is 29.8. The molecule has 0 bridgehead atoms. The van der Waals surface area contributed by atoms with E-state index in [9.17, 15) is 14.7 Å². The average molecular weight is 297 g/mol. The van der Waals surface area contributed by atoms with Gasteiger partial charge in [-0.2, -0.15) is 0 Å². The lowest BCUT2D eigenvalue weighted by atomic mass is 9.93. The van der Waals surface area contributed by atoms with Crippen LogP contribution in [0.3, 0.4) is 0 Å². The molecule has 2 saturated heterocycles. The quantitative estimate of drug-likeness (QED) is 0.818. The summed E-state index contributed by atoms with van der Waals surface area (Å²) in [5.41, 5.74) is 0. The van der Waals surface area contributed by atoms with Gasteiger partial charge < -0.3 is 19.8 Å². The van der Waals surface area contributed by atoms with Crippen LogP contribution in [0.1, 0.15) is 32.1 Å². The third-order valence-electron chi connectivity index (χ3n) is 4.62. The van der Waals surface area contributed by atoms with Crippen LogP contribution in [-0.4, -0.2) is 78.1 Å². The van der Waals surface area contributed by atoms with E-state index in [4.69, 9.17) is 0 Å². The Morgan fingerprint density at radius 2 is 1.76 bits per heavy atom. The number of likely N-dealkylation sites (tertiary alicyclic amines) is 2. The summed E-state index contributed by atoms with van der Waals surface area (Å²) >= 11 is 0. The molecule has 6 nitrogen and oxygen atoms in total. The van der Waals surface area contributed by atoms with Gasteiger partial charge in [0.2, 0.25) is 5.91 Å². The number of aliphatic hydroxyl groups is 1. The van der Waals surface area contributed by atoms with Gasteiger partial charge in [0.15, 0.2) is 0 Å². The van der Waals surface area contributed by atoms with E-state index in [1.165, 1.54) is 0 Å². The lowest BCUT2D eigenvalue weighted by molar-refractivity contribution is -0.141. The van der Waals surface area contributed by atoms with Gasteiger partial charge in [0.1, 0.15) is 0 Å². The van der Waals surface area contributed by atoms with Crippen molar-refractivity contribution in [2.24, 2.45) is 5.92 Å². The van der Waals surface area contributed by atoms with Crippen LogP contribution in [0.25, 0.3) is 0 Å². The zero-order chi connectivity index (χ0) is 15.4. The summed E-state index contributed by atoms with van der Waals surface area (Å²) in [7, 11) is 3.50. The monoisotopic (exact) mass is 297 g/mol. The van der Waals surface area contributed by atoms with Crippen molar-refractivity contribution in [3.63, 3.8) is 0 Å². The Kier molecular flexibility index (Phi) is 5.45. The first-order valence-electron chi connectivity index (χ1n) is 7.92. The average Bonchev–Trinajstić information content (AvgIpc) is 2.53. The zero-order valence-corrected chi connectivity index (χ0v) is 13.1. The number of carbonyl (C=O) groups excluding carboxylic acids is 2. The summed E-state index contributed by atoms with van der Waals surface area (Å²) in [5.74, 6) is 0.175. The molecule has 2 fully saturated rings. The second-order valence-corrected chi connectivity index (χ2v) is 6.30. The number of hydrogen-bond acceptors (Lipinski definition) is 3. The Morgan fingerprint density at radius 3 is 2.33 bits per heavy atom. The van der Waals surface area contributed by atoms with E-state index in [-0.39, 0.29) is 30.5 Å². The molecule has 3 amide bonds. The van der Waals surface area contributed by atoms with E-state index in [1.807, 2.05) is 9.80 Å². The summed E-state index contributed by atoms with van der Waals surface area (Å²) in [6, 6.07) is 0.0137. The molecule has 1 atom stereocenters. The largest absolute Gasteiger partial charge is 0.394 e. The van der Waals surface area contributed by atoms with E-state index >= 15 is 0 Å². The van der Waals surface area contributed by atoms with Crippen molar-refractivity contribution in [2.75, 3.05) is 40.3 Å². The Balaban J connectivity index is 1.89. The van der Waals surface area contributed by atoms with Gasteiger partial charge in [-0.25, -0.2) is 4.79 Å². The smallest absolute Gasteiger partial charge is 0.319 e. The Bertz CT molecular complexity index is 378. The molecule has 0 aromatic heterocycles. The topological polar surface area (TPSA) is 64.1 Å². The molecule has 2 aliphatic rings. The highest BCUT2D eigenvalue weighted by Gasteiger charge is 2.34. The summed E-state index contributed by atoms with van der Waals surface area (Å²) in [6.45, 7) is 2.11. The fourth-order valence-electron chi connectivity index (χ4n) is 3.32. The van der Waals surface area contributed by atoms with Crippen molar-refractivity contribution >= 4 is 11.9 Å². The van der Waals surface area contributed by atoms with E-state index in [2.05, 4.69) is 0 Å². The summed E-state index contributed by atoms with van der Waals surface area (Å²) < 4.78 is 0. The number of hydrogen-bond donors (Lipinski definition) is 1. The normalized spacial score (nSPS) is 24.0. The zero-order valence-electron chi connectivity index (χ0n) is 13.1. The fourth-order valence-corrected chi connectivity index (χ4v) is 3.32. The minimum atomic E-state index is -0.00677. The molecule has 0 aromatic rings. The molecule has 0 aliphatic carbocycles. The Hall–Kier alpha value is -1.30. The lowest BCUT2D eigenvalue weighted by Gasteiger charge is -2.39. The first-order valence-corrected chi connectivity index (χ1v) is 7.92. The maximum absolute atomic E-state index is 12.6. The molecule has 0 spiro atoms. The van der Waals surface area contributed by atoms with Crippen LogP contribution < -0.4 is 0 Å². The number of nitrogens with zero attached hydrogens (tertiary/aromatic N) is 3. The van der Waals surface area contributed by atoms with Gasteiger partial charge in [-0.3, -0.25) is 4.79 Å². The highest BCUT2D eigenvalue weighted by Crippen LogP contribution is 2.25. The van der Waals surface area contributed by atoms with Gasteiger partial charge in [-0.15, -0.1) is 0 Å². The third kappa shape index (κ3) is 3.67. The van der Waals surface area contributed by atoms with Gasteiger partial charge in [-0.1, -0.05) is 0 Å². The van der Waals surface area contributed by atoms with E-state index in [0.717, 1.165) is 38.6 Å². The van der Waals surface area contributed by atoms with Crippen molar-refractivity contribution in [3.05, 3.63) is 0 Å². The predicted molar refractivity (Wildman–Crippen MR) is 79.8 cm³/mol. The van der Waals surface area contributed by atoms with Crippen molar-refractivity contribution in [1.82, 2.24) is 14.7 Å². The van der Waals surface area contributed by atoms with Crippen molar-refractivity contribution in [3.8, 4) is 0 Å². The molecule has 6 heteroatoms. The Morgan fingerprint density at radius 1 is 1.10 bits per heavy atom. The van der Waals surface area contributed by atoms with Gasteiger partial charge in [-0.05, 0) is 32.1 Å². The first-order chi connectivity index (χ1) is 10.0. The van der Waals surface area contributed by atoms with E-state index < -0.39 is 0 Å². The number of carbonyl (C=O) groups is 2. The predicted octanol–water partition coefficient (Wildman–Crippen LogP) is 0.753. The number of piperidine rings is 2. The molecule has 2 heterocycles. The highest BCUT2D eigenvalue weighted by molar-refractivity contribution is 5.80. The number of urea groups is 1. The first kappa shape index (κ1) is 16.1. The third-order valence-corrected chi connectivity index (χ3v) is 4.62. The molecule has 2 rings (SSSR count). The SMILES string of the molecule is CN(C)C(=O)N1CCC(C(=O)N2CCCCC2CO)CC1. The lowest BCUT2D eigenvalue weighted by Crippen LogP contribution is -2.51. The molecule has 2 aliphatic heterocycles. The van der Waals surface area contributed by atoms with Crippen molar-refractivity contribution in [2.45, 2.75) is 38.1 Å². The van der Waals surface area contributed by atoms with Crippen molar-refractivity contribution in [1.29, 1.82) is 0 Å². The number of aliphatic hydroxyl groups excluding tert-OH is 1. The minimum absolute atomic E-state index is 0.00311. The fraction of sp³-hybridized carbons (Fsp3) is 0.867. The van der Waals surface area contributed by atoms with Crippen LogP contribution in [0.2, 0.25) is 0 Å².